The van der Waals surface area contributed by atoms with Crippen LogP contribution < -0.4 is 20.7 Å². The summed E-state index contributed by atoms with van der Waals surface area (Å²) in [5, 5.41) is 21.4. The van der Waals surface area contributed by atoms with Gasteiger partial charge in [0.05, 0.1) is 18.6 Å². The lowest BCUT2D eigenvalue weighted by Crippen LogP contribution is -2.50. The van der Waals surface area contributed by atoms with Gasteiger partial charge in [0.1, 0.15) is 11.8 Å². The molecule has 0 saturated carbocycles. The van der Waals surface area contributed by atoms with E-state index >= 15 is 0 Å². The maximum Gasteiger partial charge on any atom is 0.258 e. The minimum absolute atomic E-state index is 0.122. The Morgan fingerprint density at radius 2 is 1.57 bits per heavy atom. The lowest BCUT2D eigenvalue weighted by molar-refractivity contribution is -0.131. The molecule has 3 aromatic rings. The highest BCUT2D eigenvalue weighted by atomic mass is 16.5. The van der Waals surface area contributed by atoms with Gasteiger partial charge in [-0.1, -0.05) is 87.9 Å². The standard InChI is InChI=1S/C32H41N3O5/c1-4-5-17-33-29(37)20-28(36)27(18-22(2)3)34-32(39)31(24-12-7-6-8-13-24)35-30(38)21-40-26-16-15-23-11-9-10-14-25(23)19-26/h6-16,19,22,27-28,31,36H,4-5,17-18,20-21H2,1-3H3,(H,33,37)(H,34,39)(H,35,38)/t27-,28-,31-/m0/s1. The quantitative estimate of drug-likeness (QED) is 0.212. The van der Waals surface area contributed by atoms with Crippen LogP contribution in [0.5, 0.6) is 5.75 Å². The number of benzene rings is 3. The predicted octanol–water partition coefficient (Wildman–Crippen LogP) is 4.27. The number of nitrogens with one attached hydrogen (secondary N) is 3. The van der Waals surface area contributed by atoms with Gasteiger partial charge in [0, 0.05) is 6.54 Å². The van der Waals surface area contributed by atoms with Crippen LogP contribution in [0.4, 0.5) is 0 Å². The molecule has 3 atom stereocenters. The average Bonchev–Trinajstić information content (AvgIpc) is 2.94. The molecule has 0 saturated heterocycles. The van der Waals surface area contributed by atoms with E-state index in [0.29, 0.717) is 24.3 Å². The van der Waals surface area contributed by atoms with Gasteiger partial charge in [0.2, 0.25) is 11.8 Å². The van der Waals surface area contributed by atoms with Gasteiger partial charge in [0.15, 0.2) is 6.61 Å². The van der Waals surface area contributed by atoms with Gasteiger partial charge in [0.25, 0.3) is 5.91 Å². The Labute approximate surface area is 236 Å². The maximum atomic E-state index is 13.5. The van der Waals surface area contributed by atoms with Crippen LogP contribution in [0.25, 0.3) is 10.8 Å². The predicted molar refractivity (Wildman–Crippen MR) is 157 cm³/mol. The fraction of sp³-hybridized carbons (Fsp3) is 0.406. The molecule has 0 spiro atoms. The second kappa shape index (κ2) is 15.6. The number of unbranched alkanes of at least 4 members (excludes halogenated alkanes) is 1. The van der Waals surface area contributed by atoms with Crippen LogP contribution in [-0.4, -0.2) is 48.1 Å². The average molecular weight is 548 g/mol. The summed E-state index contributed by atoms with van der Waals surface area (Å²) in [6.07, 6.45) is 1.08. The zero-order valence-corrected chi connectivity index (χ0v) is 23.6. The molecule has 0 aliphatic carbocycles. The van der Waals surface area contributed by atoms with Gasteiger partial charge in [-0.15, -0.1) is 0 Å². The summed E-state index contributed by atoms with van der Waals surface area (Å²) >= 11 is 0. The molecule has 3 rings (SSSR count). The first kappa shape index (κ1) is 30.6. The van der Waals surface area contributed by atoms with Gasteiger partial charge in [-0.3, -0.25) is 14.4 Å². The van der Waals surface area contributed by atoms with E-state index in [1.807, 2.05) is 63.2 Å². The first-order chi connectivity index (χ1) is 19.3. The number of carbonyl (C=O) groups is 3. The van der Waals surface area contributed by atoms with E-state index in [2.05, 4.69) is 16.0 Å². The van der Waals surface area contributed by atoms with Crippen molar-refractivity contribution in [2.75, 3.05) is 13.2 Å². The topological polar surface area (TPSA) is 117 Å². The molecule has 0 heterocycles. The monoisotopic (exact) mass is 547 g/mol. The van der Waals surface area contributed by atoms with Gasteiger partial charge in [-0.2, -0.15) is 0 Å². The second-order valence-electron chi connectivity index (χ2n) is 10.4. The van der Waals surface area contributed by atoms with Crippen LogP contribution in [0.2, 0.25) is 0 Å². The Hall–Kier alpha value is -3.91. The molecule has 214 valence electrons. The molecule has 0 aliphatic rings. The fourth-order valence-corrected chi connectivity index (χ4v) is 4.45. The van der Waals surface area contributed by atoms with Crippen molar-refractivity contribution < 1.29 is 24.2 Å². The van der Waals surface area contributed by atoms with E-state index in [0.717, 1.165) is 23.6 Å². The summed E-state index contributed by atoms with van der Waals surface area (Å²) in [6, 6.07) is 20.7. The van der Waals surface area contributed by atoms with Crippen molar-refractivity contribution >= 4 is 28.5 Å². The van der Waals surface area contributed by atoms with Gasteiger partial charge >= 0.3 is 0 Å². The normalized spacial score (nSPS) is 13.3. The Kier molecular flexibility index (Phi) is 12.0. The highest BCUT2D eigenvalue weighted by Crippen LogP contribution is 2.21. The van der Waals surface area contributed by atoms with E-state index in [1.165, 1.54) is 0 Å². The van der Waals surface area contributed by atoms with Crippen LogP contribution in [-0.2, 0) is 14.4 Å². The number of hydrogen-bond acceptors (Lipinski definition) is 5. The molecule has 0 aromatic heterocycles. The minimum atomic E-state index is -1.07. The first-order valence-corrected chi connectivity index (χ1v) is 14.0. The zero-order chi connectivity index (χ0) is 28.9. The van der Waals surface area contributed by atoms with E-state index in [-0.39, 0.29) is 24.9 Å². The number of carbonyl (C=O) groups excluding carboxylic acids is 3. The molecule has 0 unspecified atom stereocenters. The molecule has 8 nitrogen and oxygen atoms in total. The molecule has 0 fully saturated rings. The number of fused-ring (bicyclic) bond motifs is 1. The smallest absolute Gasteiger partial charge is 0.258 e. The summed E-state index contributed by atoms with van der Waals surface area (Å²) in [7, 11) is 0. The molecule has 40 heavy (non-hydrogen) atoms. The lowest BCUT2D eigenvalue weighted by Gasteiger charge is -2.28. The highest BCUT2D eigenvalue weighted by Gasteiger charge is 2.29. The number of ether oxygens (including phenoxy) is 1. The SMILES string of the molecule is CCCCNC(=O)C[C@H](O)[C@H](CC(C)C)NC(=O)[C@@H](NC(=O)COc1ccc2ccccc2c1)c1ccccc1. The van der Waals surface area contributed by atoms with Crippen molar-refractivity contribution in [1.82, 2.24) is 16.0 Å². The van der Waals surface area contributed by atoms with Crippen LogP contribution in [0.1, 0.15) is 58.1 Å². The molecular weight excluding hydrogens is 506 g/mol. The molecule has 4 N–H and O–H groups in total. The van der Waals surface area contributed by atoms with E-state index in [4.69, 9.17) is 4.74 Å². The van der Waals surface area contributed by atoms with E-state index in [9.17, 15) is 19.5 Å². The summed E-state index contributed by atoms with van der Waals surface area (Å²) in [5.41, 5.74) is 0.592. The van der Waals surface area contributed by atoms with Crippen molar-refractivity contribution in [3.8, 4) is 5.75 Å². The molecule has 0 bridgehead atoms. The zero-order valence-electron chi connectivity index (χ0n) is 23.6. The van der Waals surface area contributed by atoms with Crippen molar-refractivity contribution in [1.29, 1.82) is 0 Å². The third-order valence-electron chi connectivity index (χ3n) is 6.56. The lowest BCUT2D eigenvalue weighted by atomic mass is 9.96. The highest BCUT2D eigenvalue weighted by molar-refractivity contribution is 5.89. The Balaban J connectivity index is 1.67. The van der Waals surface area contributed by atoms with Crippen LogP contribution in [0, 0.1) is 5.92 Å². The number of aliphatic hydroxyl groups excluding tert-OH is 1. The van der Waals surface area contributed by atoms with E-state index in [1.54, 1.807) is 30.3 Å². The molecule has 3 aromatic carbocycles. The minimum Gasteiger partial charge on any atom is -0.484 e. The number of rotatable bonds is 15. The van der Waals surface area contributed by atoms with Crippen molar-refractivity contribution in [3.05, 3.63) is 78.4 Å². The summed E-state index contributed by atoms with van der Waals surface area (Å²) in [6.45, 7) is 6.27. The van der Waals surface area contributed by atoms with Crippen molar-refractivity contribution in [3.63, 3.8) is 0 Å². The number of aliphatic hydroxyl groups is 1. The van der Waals surface area contributed by atoms with Gasteiger partial charge in [-0.05, 0) is 47.2 Å². The van der Waals surface area contributed by atoms with Crippen LogP contribution in [0.3, 0.4) is 0 Å². The van der Waals surface area contributed by atoms with Crippen molar-refractivity contribution in [2.45, 2.75) is 64.6 Å². The third kappa shape index (κ3) is 9.68. The molecule has 0 aliphatic heterocycles. The fourth-order valence-electron chi connectivity index (χ4n) is 4.45. The Morgan fingerprint density at radius 3 is 2.27 bits per heavy atom. The van der Waals surface area contributed by atoms with Crippen LogP contribution in [0.15, 0.2) is 72.8 Å². The molecule has 3 amide bonds. The molecule has 8 heteroatoms. The second-order valence-corrected chi connectivity index (χ2v) is 10.4. The van der Waals surface area contributed by atoms with Crippen LogP contribution >= 0.6 is 0 Å². The number of hydrogen-bond donors (Lipinski definition) is 4. The largest absolute Gasteiger partial charge is 0.484 e. The molecular formula is C32H41N3O5. The summed E-state index contributed by atoms with van der Waals surface area (Å²) < 4.78 is 5.72. The van der Waals surface area contributed by atoms with Crippen molar-refractivity contribution in [2.24, 2.45) is 5.92 Å². The Bertz CT molecular complexity index is 1250. The Morgan fingerprint density at radius 1 is 0.875 bits per heavy atom. The summed E-state index contributed by atoms with van der Waals surface area (Å²) in [4.78, 5) is 38.7. The van der Waals surface area contributed by atoms with E-state index < -0.39 is 30.0 Å². The number of amides is 3. The van der Waals surface area contributed by atoms with Gasteiger partial charge < -0.3 is 25.8 Å². The van der Waals surface area contributed by atoms with Gasteiger partial charge in [-0.25, -0.2) is 0 Å². The third-order valence-corrected chi connectivity index (χ3v) is 6.56. The first-order valence-electron chi connectivity index (χ1n) is 14.0. The summed E-state index contributed by atoms with van der Waals surface area (Å²) in [5.74, 6) is -0.493. The molecule has 0 radical (unpaired) electrons. The maximum absolute atomic E-state index is 13.5.